The molecule has 0 saturated heterocycles. The highest BCUT2D eigenvalue weighted by atomic mass is 19.4. The Morgan fingerprint density at radius 1 is 1.15 bits per heavy atom. The van der Waals surface area contributed by atoms with E-state index in [2.05, 4.69) is 5.32 Å². The highest BCUT2D eigenvalue weighted by Gasteiger charge is 2.30. The van der Waals surface area contributed by atoms with Gasteiger partial charge in [-0.3, -0.25) is 0 Å². The van der Waals surface area contributed by atoms with Crippen LogP contribution in [0.1, 0.15) is 29.7 Å². The van der Waals surface area contributed by atoms with E-state index in [1.165, 1.54) is 12.1 Å². The largest absolute Gasteiger partial charge is 0.416 e. The van der Waals surface area contributed by atoms with E-state index in [1.807, 2.05) is 37.0 Å². The zero-order valence-electron chi connectivity index (χ0n) is 11.4. The van der Waals surface area contributed by atoms with Crippen LogP contribution in [0.15, 0.2) is 42.7 Å². The molecule has 1 N–H and O–H groups in total. The summed E-state index contributed by atoms with van der Waals surface area (Å²) >= 11 is 0. The van der Waals surface area contributed by atoms with E-state index in [0.717, 1.165) is 23.3 Å². The molecule has 5 heteroatoms. The van der Waals surface area contributed by atoms with Gasteiger partial charge in [0.2, 0.25) is 0 Å². The molecule has 2 rings (SSSR count). The first kappa shape index (κ1) is 14.7. The maximum Gasteiger partial charge on any atom is 0.416 e. The number of rotatable bonds is 4. The minimum Gasteiger partial charge on any atom is -0.357 e. The molecule has 0 amide bonds. The van der Waals surface area contributed by atoms with Crippen molar-refractivity contribution >= 4 is 0 Å². The van der Waals surface area contributed by atoms with Crippen LogP contribution in [0.5, 0.6) is 0 Å². The Balaban J connectivity index is 1.97. The van der Waals surface area contributed by atoms with E-state index in [4.69, 9.17) is 0 Å². The molecule has 1 unspecified atom stereocenters. The van der Waals surface area contributed by atoms with Crippen LogP contribution in [0.2, 0.25) is 0 Å². The van der Waals surface area contributed by atoms with Crippen molar-refractivity contribution in [2.75, 3.05) is 0 Å². The lowest BCUT2D eigenvalue weighted by Gasteiger charge is -2.15. The maximum absolute atomic E-state index is 12.5. The molecule has 1 atom stereocenters. The fraction of sp³-hybridized carbons (Fsp3) is 0.333. The normalized spacial score (nSPS) is 13.4. The average Bonchev–Trinajstić information content (AvgIpc) is 2.81. The molecule has 1 heterocycles. The van der Waals surface area contributed by atoms with Crippen LogP contribution in [0.4, 0.5) is 13.2 Å². The molecule has 1 aromatic heterocycles. The van der Waals surface area contributed by atoms with E-state index in [1.54, 1.807) is 0 Å². The number of nitrogens with one attached hydrogen (secondary N) is 1. The van der Waals surface area contributed by atoms with E-state index in [9.17, 15) is 13.2 Å². The van der Waals surface area contributed by atoms with Gasteiger partial charge in [0, 0.05) is 32.0 Å². The molecular weight excluding hydrogens is 265 g/mol. The Bertz CT molecular complexity index is 555. The Kier molecular flexibility index (Phi) is 4.18. The molecule has 0 radical (unpaired) electrons. The number of aryl methyl sites for hydroxylation is 1. The summed E-state index contributed by atoms with van der Waals surface area (Å²) in [6.45, 7) is 2.62. The summed E-state index contributed by atoms with van der Waals surface area (Å²) in [6.07, 6.45) is -0.314. The number of benzene rings is 1. The molecule has 20 heavy (non-hydrogen) atoms. The van der Waals surface area contributed by atoms with Gasteiger partial charge in [-0.25, -0.2) is 0 Å². The molecule has 0 spiro atoms. The third-order valence-corrected chi connectivity index (χ3v) is 3.24. The Morgan fingerprint density at radius 3 is 2.30 bits per heavy atom. The van der Waals surface area contributed by atoms with Crippen molar-refractivity contribution < 1.29 is 13.2 Å². The van der Waals surface area contributed by atoms with Crippen LogP contribution in [0, 0.1) is 0 Å². The highest BCUT2D eigenvalue weighted by molar-refractivity contribution is 5.26. The van der Waals surface area contributed by atoms with E-state index < -0.39 is 11.7 Å². The van der Waals surface area contributed by atoms with Gasteiger partial charge in [0.05, 0.1) is 5.56 Å². The number of hydrogen-bond donors (Lipinski definition) is 1. The first-order valence-corrected chi connectivity index (χ1v) is 6.37. The predicted molar refractivity (Wildman–Crippen MR) is 72.1 cm³/mol. The van der Waals surface area contributed by atoms with Gasteiger partial charge in [-0.2, -0.15) is 13.2 Å². The summed E-state index contributed by atoms with van der Waals surface area (Å²) in [5, 5.41) is 3.29. The van der Waals surface area contributed by atoms with E-state index >= 15 is 0 Å². The van der Waals surface area contributed by atoms with Gasteiger partial charge in [0.15, 0.2) is 0 Å². The smallest absolute Gasteiger partial charge is 0.357 e. The quantitative estimate of drug-likeness (QED) is 0.900. The molecule has 0 aliphatic rings. The lowest BCUT2D eigenvalue weighted by Crippen LogP contribution is -2.18. The van der Waals surface area contributed by atoms with Gasteiger partial charge in [-0.1, -0.05) is 12.1 Å². The average molecular weight is 282 g/mol. The maximum atomic E-state index is 12.5. The Morgan fingerprint density at radius 2 is 1.80 bits per heavy atom. The first-order valence-electron chi connectivity index (χ1n) is 6.37. The number of aromatic nitrogens is 1. The van der Waals surface area contributed by atoms with Crippen LogP contribution in [0.25, 0.3) is 0 Å². The minimum atomic E-state index is -4.28. The fourth-order valence-corrected chi connectivity index (χ4v) is 2.02. The number of nitrogens with zero attached hydrogens (tertiary/aromatic N) is 1. The zero-order valence-corrected chi connectivity index (χ0v) is 11.4. The van der Waals surface area contributed by atoms with Crippen LogP contribution in [-0.2, 0) is 19.8 Å². The standard InChI is InChI=1S/C15H17F3N2/c1-11(19-9-12-7-8-20(2)10-12)13-3-5-14(6-4-13)15(16,17)18/h3-8,10-11,19H,9H2,1-2H3. The number of hydrogen-bond acceptors (Lipinski definition) is 1. The third kappa shape index (κ3) is 3.63. The van der Waals surface area contributed by atoms with Gasteiger partial charge in [-0.05, 0) is 36.2 Å². The second-order valence-corrected chi connectivity index (χ2v) is 4.91. The lowest BCUT2D eigenvalue weighted by atomic mass is 10.1. The lowest BCUT2D eigenvalue weighted by molar-refractivity contribution is -0.137. The van der Waals surface area contributed by atoms with Crippen LogP contribution >= 0.6 is 0 Å². The summed E-state index contributed by atoms with van der Waals surface area (Å²) in [5.74, 6) is 0. The van der Waals surface area contributed by atoms with Gasteiger partial charge >= 0.3 is 6.18 Å². The zero-order chi connectivity index (χ0) is 14.8. The van der Waals surface area contributed by atoms with Crippen molar-refractivity contribution in [1.29, 1.82) is 0 Å². The van der Waals surface area contributed by atoms with Gasteiger partial charge in [0.25, 0.3) is 0 Å². The summed E-state index contributed by atoms with van der Waals surface area (Å²) in [7, 11) is 1.95. The molecular formula is C15H17F3N2. The number of halogens is 3. The van der Waals surface area contributed by atoms with Crippen LogP contribution < -0.4 is 5.32 Å². The molecule has 2 nitrogen and oxygen atoms in total. The molecule has 0 fully saturated rings. The Labute approximate surface area is 116 Å². The molecule has 108 valence electrons. The predicted octanol–water partition coefficient (Wildman–Crippen LogP) is 3.89. The van der Waals surface area contributed by atoms with Crippen LogP contribution in [0.3, 0.4) is 0 Å². The fourth-order valence-electron chi connectivity index (χ4n) is 2.02. The van der Waals surface area contributed by atoms with Gasteiger partial charge in [0.1, 0.15) is 0 Å². The molecule has 2 aromatic rings. The van der Waals surface area contributed by atoms with Gasteiger partial charge in [-0.15, -0.1) is 0 Å². The Hall–Kier alpha value is -1.75. The van der Waals surface area contributed by atoms with Crippen molar-refractivity contribution in [2.24, 2.45) is 7.05 Å². The summed E-state index contributed by atoms with van der Waals surface area (Å²) < 4.78 is 39.4. The molecule has 1 aromatic carbocycles. The first-order chi connectivity index (χ1) is 9.36. The molecule has 0 saturated carbocycles. The topological polar surface area (TPSA) is 17.0 Å². The SMILES string of the molecule is CC(NCc1ccn(C)c1)c1ccc(C(F)(F)F)cc1. The summed E-state index contributed by atoms with van der Waals surface area (Å²) in [6, 6.07) is 7.28. The highest BCUT2D eigenvalue weighted by Crippen LogP contribution is 2.29. The van der Waals surface area contributed by atoms with Crippen molar-refractivity contribution in [3.8, 4) is 0 Å². The van der Waals surface area contributed by atoms with E-state index in [0.29, 0.717) is 6.54 Å². The second kappa shape index (κ2) is 5.71. The van der Waals surface area contributed by atoms with Crippen molar-refractivity contribution in [3.05, 3.63) is 59.4 Å². The summed E-state index contributed by atoms with van der Waals surface area (Å²) in [5.41, 5.74) is 1.37. The van der Waals surface area contributed by atoms with Crippen molar-refractivity contribution in [3.63, 3.8) is 0 Å². The monoisotopic (exact) mass is 282 g/mol. The third-order valence-electron chi connectivity index (χ3n) is 3.24. The molecule has 0 aliphatic heterocycles. The van der Waals surface area contributed by atoms with Gasteiger partial charge < -0.3 is 9.88 Å². The molecule has 0 bridgehead atoms. The summed E-state index contributed by atoms with van der Waals surface area (Å²) in [4.78, 5) is 0. The van der Waals surface area contributed by atoms with E-state index in [-0.39, 0.29) is 6.04 Å². The second-order valence-electron chi connectivity index (χ2n) is 4.91. The minimum absolute atomic E-state index is 0.00232. The number of alkyl halides is 3. The van der Waals surface area contributed by atoms with Crippen molar-refractivity contribution in [1.82, 2.24) is 9.88 Å². The van der Waals surface area contributed by atoms with Crippen molar-refractivity contribution in [2.45, 2.75) is 25.7 Å². The van der Waals surface area contributed by atoms with Crippen LogP contribution in [-0.4, -0.2) is 4.57 Å². The molecule has 0 aliphatic carbocycles.